The summed E-state index contributed by atoms with van der Waals surface area (Å²) in [6.45, 7) is 7.56. The standard InChI is InChI=1S/C24H30FN3O3/c1-15-8-21(28-11-20(25)12-28)9-22(27-15)31-14-17-4-6-18(7-5-17)16(2)24(3)19(13-29)10-26-23(24)30/h4-9,16,19-20,29H,10-14H2,1-3H3,(H,26,30)/t16-,19-,24-/m1/s1. The van der Waals surface area contributed by atoms with Gasteiger partial charge in [0.2, 0.25) is 11.8 Å². The Morgan fingerprint density at radius 2 is 2.03 bits per heavy atom. The first kappa shape index (κ1) is 21.6. The number of pyridine rings is 1. The van der Waals surface area contributed by atoms with Crippen molar-refractivity contribution in [1.82, 2.24) is 10.3 Å². The molecule has 7 heteroatoms. The van der Waals surface area contributed by atoms with Gasteiger partial charge >= 0.3 is 0 Å². The van der Waals surface area contributed by atoms with E-state index in [9.17, 15) is 14.3 Å². The van der Waals surface area contributed by atoms with Gasteiger partial charge in [0.05, 0.1) is 18.5 Å². The van der Waals surface area contributed by atoms with E-state index in [1.54, 1.807) is 0 Å². The van der Waals surface area contributed by atoms with Crippen LogP contribution in [-0.4, -0.2) is 48.4 Å². The molecule has 0 bridgehead atoms. The summed E-state index contributed by atoms with van der Waals surface area (Å²) in [5.41, 5.74) is 3.18. The van der Waals surface area contributed by atoms with Gasteiger partial charge < -0.3 is 20.1 Å². The van der Waals surface area contributed by atoms with E-state index in [4.69, 9.17) is 4.74 Å². The number of carbonyl (C=O) groups is 1. The van der Waals surface area contributed by atoms with Crippen molar-refractivity contribution in [2.45, 2.75) is 39.5 Å². The Morgan fingerprint density at radius 1 is 1.32 bits per heavy atom. The zero-order valence-electron chi connectivity index (χ0n) is 18.3. The van der Waals surface area contributed by atoms with Crippen LogP contribution in [0.1, 0.15) is 36.6 Å². The van der Waals surface area contributed by atoms with E-state index >= 15 is 0 Å². The van der Waals surface area contributed by atoms with E-state index in [2.05, 4.69) is 10.3 Å². The third kappa shape index (κ3) is 4.11. The van der Waals surface area contributed by atoms with Crippen molar-refractivity contribution >= 4 is 11.6 Å². The van der Waals surface area contributed by atoms with Crippen molar-refractivity contribution in [3.05, 3.63) is 53.2 Å². The molecule has 166 valence electrons. The third-order valence-electron chi connectivity index (χ3n) is 6.95. The number of halogens is 1. The first-order chi connectivity index (χ1) is 14.8. The van der Waals surface area contributed by atoms with Crippen LogP contribution < -0.4 is 15.0 Å². The summed E-state index contributed by atoms with van der Waals surface area (Å²) in [5.74, 6) is 0.391. The number of aromatic nitrogens is 1. The number of nitrogens with zero attached hydrogens (tertiary/aromatic N) is 2. The summed E-state index contributed by atoms with van der Waals surface area (Å²) in [6, 6.07) is 11.8. The Kier molecular flexibility index (Phi) is 5.88. The Labute approximate surface area is 182 Å². The number of nitrogens with one attached hydrogen (secondary N) is 1. The Bertz CT molecular complexity index is 946. The van der Waals surface area contributed by atoms with E-state index < -0.39 is 11.6 Å². The number of amides is 1. The molecule has 2 aliphatic rings. The van der Waals surface area contributed by atoms with Crippen molar-refractivity contribution in [2.24, 2.45) is 11.3 Å². The number of carbonyl (C=O) groups excluding carboxylic acids is 1. The Morgan fingerprint density at radius 3 is 2.68 bits per heavy atom. The maximum Gasteiger partial charge on any atom is 0.226 e. The minimum atomic E-state index is -0.760. The number of ether oxygens (including phenoxy) is 1. The lowest BCUT2D eigenvalue weighted by molar-refractivity contribution is -0.129. The number of alkyl halides is 1. The quantitative estimate of drug-likeness (QED) is 0.711. The molecule has 0 spiro atoms. The molecule has 6 nitrogen and oxygen atoms in total. The largest absolute Gasteiger partial charge is 0.473 e. The molecule has 2 N–H and O–H groups in total. The topological polar surface area (TPSA) is 74.7 Å². The maximum absolute atomic E-state index is 13.2. The number of aliphatic hydroxyl groups is 1. The van der Waals surface area contributed by atoms with Gasteiger partial charge in [0.1, 0.15) is 12.8 Å². The first-order valence-corrected chi connectivity index (χ1v) is 10.8. The molecule has 1 aromatic heterocycles. The molecule has 0 aliphatic carbocycles. The van der Waals surface area contributed by atoms with Crippen LogP contribution in [0.15, 0.2) is 36.4 Å². The third-order valence-corrected chi connectivity index (χ3v) is 6.95. The molecule has 0 saturated carbocycles. The normalized spacial score (nSPS) is 24.6. The van der Waals surface area contributed by atoms with E-state index in [-0.39, 0.29) is 24.3 Å². The zero-order valence-corrected chi connectivity index (χ0v) is 18.3. The van der Waals surface area contributed by atoms with Gasteiger partial charge in [-0.05, 0) is 37.0 Å². The van der Waals surface area contributed by atoms with Crippen molar-refractivity contribution in [3.63, 3.8) is 0 Å². The number of aliphatic hydroxyl groups excluding tert-OH is 1. The molecule has 1 aromatic carbocycles. The van der Waals surface area contributed by atoms with Gasteiger partial charge in [0, 0.05) is 36.5 Å². The molecule has 31 heavy (non-hydrogen) atoms. The number of hydrogen-bond acceptors (Lipinski definition) is 5. The molecule has 2 saturated heterocycles. The van der Waals surface area contributed by atoms with Crippen LogP contribution in [0.3, 0.4) is 0 Å². The van der Waals surface area contributed by atoms with Crippen molar-refractivity contribution in [1.29, 1.82) is 0 Å². The van der Waals surface area contributed by atoms with E-state index in [0.29, 0.717) is 32.1 Å². The fraction of sp³-hybridized carbons (Fsp3) is 0.500. The van der Waals surface area contributed by atoms with Gasteiger partial charge in [0.15, 0.2) is 0 Å². The highest BCUT2D eigenvalue weighted by Crippen LogP contribution is 2.44. The number of anilines is 1. The van der Waals surface area contributed by atoms with E-state index in [0.717, 1.165) is 22.5 Å². The first-order valence-electron chi connectivity index (χ1n) is 10.8. The van der Waals surface area contributed by atoms with E-state index in [1.165, 1.54) is 0 Å². The summed E-state index contributed by atoms with van der Waals surface area (Å²) >= 11 is 0. The van der Waals surface area contributed by atoms with E-state index in [1.807, 2.05) is 62.1 Å². The molecule has 4 rings (SSSR count). The number of aryl methyl sites for hydroxylation is 1. The second-order valence-electron chi connectivity index (χ2n) is 8.93. The minimum absolute atomic E-state index is 0.00549. The highest BCUT2D eigenvalue weighted by molar-refractivity contribution is 5.86. The summed E-state index contributed by atoms with van der Waals surface area (Å²) in [7, 11) is 0. The van der Waals surface area contributed by atoms with Crippen LogP contribution in [0, 0.1) is 18.3 Å². The van der Waals surface area contributed by atoms with Crippen LogP contribution in [0.5, 0.6) is 5.88 Å². The predicted molar refractivity (Wildman–Crippen MR) is 117 cm³/mol. The molecule has 2 aliphatic heterocycles. The summed E-state index contributed by atoms with van der Waals surface area (Å²) in [4.78, 5) is 18.9. The minimum Gasteiger partial charge on any atom is -0.473 e. The second-order valence-corrected chi connectivity index (χ2v) is 8.93. The number of rotatable bonds is 7. The Hall–Kier alpha value is -2.67. The lowest BCUT2D eigenvalue weighted by Gasteiger charge is -2.36. The van der Waals surface area contributed by atoms with Crippen LogP contribution in [-0.2, 0) is 11.4 Å². The monoisotopic (exact) mass is 427 g/mol. The fourth-order valence-corrected chi connectivity index (χ4v) is 4.53. The summed E-state index contributed by atoms with van der Waals surface area (Å²) < 4.78 is 19.1. The van der Waals surface area contributed by atoms with Gasteiger partial charge in [-0.3, -0.25) is 4.79 Å². The van der Waals surface area contributed by atoms with Gasteiger partial charge in [-0.2, -0.15) is 0 Å². The van der Waals surface area contributed by atoms with Crippen LogP contribution in [0.25, 0.3) is 0 Å². The second kappa shape index (κ2) is 8.46. The smallest absolute Gasteiger partial charge is 0.226 e. The molecular weight excluding hydrogens is 397 g/mol. The average molecular weight is 428 g/mol. The molecule has 0 unspecified atom stereocenters. The number of hydrogen-bond donors (Lipinski definition) is 2. The van der Waals surface area contributed by atoms with Gasteiger partial charge in [0.25, 0.3) is 0 Å². The van der Waals surface area contributed by atoms with Crippen molar-refractivity contribution < 1.29 is 19.0 Å². The highest BCUT2D eigenvalue weighted by Gasteiger charge is 2.50. The lowest BCUT2D eigenvalue weighted by atomic mass is 9.68. The molecule has 1 amide bonds. The van der Waals surface area contributed by atoms with Gasteiger partial charge in [-0.15, -0.1) is 0 Å². The maximum atomic E-state index is 13.2. The van der Waals surface area contributed by atoms with Crippen LogP contribution in [0.2, 0.25) is 0 Å². The highest BCUT2D eigenvalue weighted by atomic mass is 19.1. The summed E-state index contributed by atoms with van der Waals surface area (Å²) in [6.07, 6.45) is -0.760. The molecule has 3 atom stereocenters. The van der Waals surface area contributed by atoms with Crippen LogP contribution >= 0.6 is 0 Å². The zero-order chi connectivity index (χ0) is 22.2. The fourth-order valence-electron chi connectivity index (χ4n) is 4.53. The van der Waals surface area contributed by atoms with Crippen molar-refractivity contribution in [2.75, 3.05) is 31.1 Å². The summed E-state index contributed by atoms with van der Waals surface area (Å²) in [5, 5.41) is 12.6. The molecular formula is C24H30FN3O3. The van der Waals surface area contributed by atoms with Crippen LogP contribution in [0.4, 0.5) is 10.1 Å². The van der Waals surface area contributed by atoms with Crippen molar-refractivity contribution in [3.8, 4) is 5.88 Å². The average Bonchev–Trinajstić information content (AvgIpc) is 3.04. The SMILES string of the molecule is Cc1cc(N2CC(F)C2)cc(OCc2ccc([C@@H](C)[C@@]3(C)C(=O)NC[C@@H]3CO)cc2)n1. The molecule has 2 fully saturated rings. The molecule has 0 radical (unpaired) electrons. The van der Waals surface area contributed by atoms with Gasteiger partial charge in [-0.1, -0.05) is 31.2 Å². The molecule has 2 aromatic rings. The number of benzene rings is 1. The Balaban J connectivity index is 1.42. The lowest BCUT2D eigenvalue weighted by Crippen LogP contribution is -2.48. The van der Waals surface area contributed by atoms with Gasteiger partial charge in [-0.25, -0.2) is 9.37 Å². The molecule has 3 heterocycles. The predicted octanol–water partition coefficient (Wildman–Crippen LogP) is 2.98.